The van der Waals surface area contributed by atoms with Gasteiger partial charge in [-0.3, -0.25) is 4.79 Å². The lowest BCUT2D eigenvalue weighted by atomic mass is 10.0. The Morgan fingerprint density at radius 2 is 1.93 bits per heavy atom. The second kappa shape index (κ2) is 8.15. The number of methoxy groups -OCH3 is 1. The number of ether oxygens (including phenoxy) is 1. The first-order chi connectivity index (χ1) is 13.7. The van der Waals surface area contributed by atoms with Gasteiger partial charge in [-0.15, -0.1) is 11.3 Å². The van der Waals surface area contributed by atoms with Crippen LogP contribution >= 0.6 is 11.3 Å². The van der Waals surface area contributed by atoms with Gasteiger partial charge < -0.3 is 9.64 Å². The molecule has 0 N–H and O–H groups in total. The lowest BCUT2D eigenvalue weighted by Gasteiger charge is -2.24. The first-order valence-electron chi connectivity index (χ1n) is 9.62. The fourth-order valence-corrected chi connectivity index (χ4v) is 4.81. The molecule has 1 fully saturated rings. The topological polar surface area (TPSA) is 42.4 Å². The van der Waals surface area contributed by atoms with Gasteiger partial charge in [-0.05, 0) is 56.0 Å². The van der Waals surface area contributed by atoms with Crippen LogP contribution in [0.1, 0.15) is 33.8 Å². The number of likely N-dealkylation sites (tertiary alicyclic amines) is 1. The van der Waals surface area contributed by atoms with E-state index in [4.69, 9.17) is 4.74 Å². The van der Waals surface area contributed by atoms with Gasteiger partial charge in [0.2, 0.25) is 0 Å². The van der Waals surface area contributed by atoms with E-state index in [0.717, 1.165) is 52.7 Å². The third-order valence-corrected chi connectivity index (χ3v) is 6.47. The van der Waals surface area contributed by atoms with Crippen molar-refractivity contribution in [2.45, 2.75) is 32.2 Å². The molecule has 4 nitrogen and oxygen atoms in total. The number of nitrogens with zero attached hydrogens (tertiary/aromatic N) is 2. The summed E-state index contributed by atoms with van der Waals surface area (Å²) in [7, 11) is 1.65. The first kappa shape index (κ1) is 18.7. The normalized spacial score (nSPS) is 16.4. The number of amides is 1. The smallest absolute Gasteiger partial charge is 0.266 e. The van der Waals surface area contributed by atoms with Crippen LogP contribution in [0.3, 0.4) is 0 Å². The van der Waals surface area contributed by atoms with Crippen molar-refractivity contribution < 1.29 is 9.53 Å². The summed E-state index contributed by atoms with van der Waals surface area (Å²) >= 11 is 1.49. The molecule has 1 atom stereocenters. The largest absolute Gasteiger partial charge is 0.497 e. The number of carbonyl (C=O) groups excluding carboxylic acids is 1. The molecule has 1 aliphatic heterocycles. The number of benzene rings is 2. The first-order valence-corrected chi connectivity index (χ1v) is 10.4. The zero-order valence-electron chi connectivity index (χ0n) is 16.2. The molecule has 28 heavy (non-hydrogen) atoms. The van der Waals surface area contributed by atoms with E-state index in [1.54, 1.807) is 7.11 Å². The number of hydrogen-bond donors (Lipinski definition) is 0. The molecule has 2 aromatic carbocycles. The highest BCUT2D eigenvalue weighted by molar-refractivity contribution is 7.17. The standard InChI is InChI=1S/C23H24N2O2S/c1-16-21(28-22(24-16)18-10-12-20(27-2)13-11-18)23(26)25-14-6-9-19(25)15-17-7-4-3-5-8-17/h3-5,7-8,10-13,19H,6,9,14-15H2,1-2H3. The summed E-state index contributed by atoms with van der Waals surface area (Å²) in [6.07, 6.45) is 3.03. The number of aryl methyl sites for hydroxylation is 1. The van der Waals surface area contributed by atoms with E-state index >= 15 is 0 Å². The van der Waals surface area contributed by atoms with Crippen molar-refractivity contribution in [2.24, 2.45) is 0 Å². The van der Waals surface area contributed by atoms with E-state index in [9.17, 15) is 4.79 Å². The molecule has 1 amide bonds. The van der Waals surface area contributed by atoms with Crippen molar-refractivity contribution >= 4 is 17.2 Å². The minimum absolute atomic E-state index is 0.119. The van der Waals surface area contributed by atoms with Crippen LogP contribution in [0, 0.1) is 6.92 Å². The molecule has 3 aromatic rings. The van der Waals surface area contributed by atoms with Crippen LogP contribution < -0.4 is 4.74 Å². The summed E-state index contributed by atoms with van der Waals surface area (Å²) in [6, 6.07) is 18.5. The van der Waals surface area contributed by atoms with Crippen LogP contribution in [-0.4, -0.2) is 35.5 Å². The molecule has 1 saturated heterocycles. The monoisotopic (exact) mass is 392 g/mol. The molecule has 5 heteroatoms. The maximum atomic E-state index is 13.3. The molecule has 1 aromatic heterocycles. The van der Waals surface area contributed by atoms with Gasteiger partial charge >= 0.3 is 0 Å². The van der Waals surface area contributed by atoms with E-state index in [1.165, 1.54) is 16.9 Å². The quantitative estimate of drug-likeness (QED) is 0.615. The summed E-state index contributed by atoms with van der Waals surface area (Å²) in [5.41, 5.74) is 3.11. The Morgan fingerprint density at radius 3 is 2.64 bits per heavy atom. The van der Waals surface area contributed by atoms with Gasteiger partial charge in [0, 0.05) is 18.2 Å². The number of aromatic nitrogens is 1. The average molecular weight is 393 g/mol. The lowest BCUT2D eigenvalue weighted by molar-refractivity contribution is 0.0740. The fourth-order valence-electron chi connectivity index (χ4n) is 3.78. The summed E-state index contributed by atoms with van der Waals surface area (Å²) in [4.78, 5) is 20.8. The third-order valence-electron chi connectivity index (χ3n) is 5.28. The van der Waals surface area contributed by atoms with E-state index in [2.05, 4.69) is 29.2 Å². The summed E-state index contributed by atoms with van der Waals surface area (Å²) in [5, 5.41) is 0.877. The highest BCUT2D eigenvalue weighted by Gasteiger charge is 2.31. The molecule has 1 unspecified atom stereocenters. The van der Waals surface area contributed by atoms with Crippen molar-refractivity contribution in [3.8, 4) is 16.3 Å². The summed E-state index contributed by atoms with van der Waals surface area (Å²) in [5.74, 6) is 0.933. The molecule has 2 heterocycles. The highest BCUT2D eigenvalue weighted by atomic mass is 32.1. The zero-order valence-corrected chi connectivity index (χ0v) is 17.0. The number of thiazole rings is 1. The average Bonchev–Trinajstić information content (AvgIpc) is 3.35. The number of carbonyl (C=O) groups is 1. The van der Waals surface area contributed by atoms with E-state index in [1.807, 2.05) is 42.2 Å². The van der Waals surface area contributed by atoms with Gasteiger partial charge in [-0.1, -0.05) is 30.3 Å². The van der Waals surface area contributed by atoms with Crippen molar-refractivity contribution in [1.29, 1.82) is 0 Å². The van der Waals surface area contributed by atoms with Crippen LogP contribution in [0.5, 0.6) is 5.75 Å². The van der Waals surface area contributed by atoms with E-state index < -0.39 is 0 Å². The van der Waals surface area contributed by atoms with Gasteiger partial charge in [-0.2, -0.15) is 0 Å². The Hall–Kier alpha value is -2.66. The predicted octanol–water partition coefficient (Wildman–Crippen LogP) is 4.97. The molecule has 4 rings (SSSR count). The second-order valence-corrected chi connectivity index (χ2v) is 8.15. The Kier molecular flexibility index (Phi) is 5.44. The lowest BCUT2D eigenvalue weighted by Crippen LogP contribution is -2.36. The van der Waals surface area contributed by atoms with Crippen molar-refractivity contribution in [3.05, 3.63) is 70.7 Å². The van der Waals surface area contributed by atoms with Crippen LogP contribution in [0.2, 0.25) is 0 Å². The maximum absolute atomic E-state index is 13.3. The minimum Gasteiger partial charge on any atom is -0.497 e. The van der Waals surface area contributed by atoms with Gasteiger partial charge in [0.1, 0.15) is 15.6 Å². The Labute approximate surface area is 169 Å². The van der Waals surface area contributed by atoms with Crippen LogP contribution in [0.4, 0.5) is 0 Å². The molecular weight excluding hydrogens is 368 g/mol. The number of rotatable bonds is 5. The maximum Gasteiger partial charge on any atom is 0.266 e. The second-order valence-electron chi connectivity index (χ2n) is 7.15. The fraction of sp³-hybridized carbons (Fsp3) is 0.304. The van der Waals surface area contributed by atoms with E-state index in [-0.39, 0.29) is 11.9 Å². The van der Waals surface area contributed by atoms with Crippen LogP contribution in [-0.2, 0) is 6.42 Å². The molecule has 0 aliphatic carbocycles. The SMILES string of the molecule is COc1ccc(-c2nc(C)c(C(=O)N3CCCC3Cc3ccccc3)s2)cc1. The Balaban J connectivity index is 1.54. The number of hydrogen-bond acceptors (Lipinski definition) is 4. The van der Waals surface area contributed by atoms with Gasteiger partial charge in [0.25, 0.3) is 5.91 Å². The highest BCUT2D eigenvalue weighted by Crippen LogP contribution is 2.32. The van der Waals surface area contributed by atoms with Gasteiger partial charge in [0.15, 0.2) is 0 Å². The molecule has 0 spiro atoms. The molecule has 0 radical (unpaired) electrons. The van der Waals surface area contributed by atoms with E-state index in [0.29, 0.717) is 0 Å². The Bertz CT molecular complexity index is 950. The van der Waals surface area contributed by atoms with Gasteiger partial charge in [0.05, 0.1) is 12.8 Å². The predicted molar refractivity (Wildman–Crippen MR) is 113 cm³/mol. The summed E-state index contributed by atoms with van der Waals surface area (Å²) in [6.45, 7) is 2.75. The Morgan fingerprint density at radius 1 is 1.18 bits per heavy atom. The molecular formula is C23H24N2O2S. The minimum atomic E-state index is 0.119. The van der Waals surface area contributed by atoms with Gasteiger partial charge in [-0.25, -0.2) is 4.98 Å². The molecule has 144 valence electrons. The molecule has 1 aliphatic rings. The summed E-state index contributed by atoms with van der Waals surface area (Å²) < 4.78 is 5.22. The van der Waals surface area contributed by atoms with Crippen LogP contribution in [0.25, 0.3) is 10.6 Å². The van der Waals surface area contributed by atoms with Crippen LogP contribution in [0.15, 0.2) is 54.6 Å². The third kappa shape index (κ3) is 3.80. The zero-order chi connectivity index (χ0) is 19.5. The van der Waals surface area contributed by atoms with Crippen molar-refractivity contribution in [1.82, 2.24) is 9.88 Å². The molecule has 0 bridgehead atoms. The molecule has 0 saturated carbocycles. The van der Waals surface area contributed by atoms with Crippen molar-refractivity contribution in [3.63, 3.8) is 0 Å². The van der Waals surface area contributed by atoms with Crippen molar-refractivity contribution in [2.75, 3.05) is 13.7 Å².